The molecule has 112 valence electrons. The van der Waals surface area contributed by atoms with Crippen LogP contribution in [0.15, 0.2) is 58.4 Å². The first-order valence-electron chi connectivity index (χ1n) is 6.75. The number of thiazole rings is 1. The van der Waals surface area contributed by atoms with E-state index in [1.165, 1.54) is 23.5 Å². The topological polar surface area (TPSA) is 36.7 Å². The van der Waals surface area contributed by atoms with Crippen LogP contribution in [0.4, 0.5) is 4.39 Å². The van der Waals surface area contributed by atoms with Gasteiger partial charge in [-0.15, -0.1) is 11.3 Å². The highest BCUT2D eigenvalue weighted by molar-refractivity contribution is 9.10. The molecule has 0 amide bonds. The maximum atomic E-state index is 13.0. The molecular weight excluding hydrogens is 375 g/mol. The molecule has 2 nitrogen and oxygen atoms in total. The molecular formula is C18H10BrFN2S. The van der Waals surface area contributed by atoms with Gasteiger partial charge in [-0.2, -0.15) is 5.26 Å². The summed E-state index contributed by atoms with van der Waals surface area (Å²) in [6.07, 6.45) is 1.71. The van der Waals surface area contributed by atoms with Crippen molar-refractivity contribution in [3.05, 3.63) is 74.8 Å². The summed E-state index contributed by atoms with van der Waals surface area (Å²) in [5, 5.41) is 12.0. The van der Waals surface area contributed by atoms with Gasteiger partial charge in [0.2, 0.25) is 0 Å². The predicted molar refractivity (Wildman–Crippen MR) is 95.1 cm³/mol. The normalized spacial score (nSPS) is 11.3. The highest BCUT2D eigenvalue weighted by atomic mass is 79.9. The molecule has 1 heterocycles. The predicted octanol–water partition coefficient (Wildman–Crippen LogP) is 5.78. The van der Waals surface area contributed by atoms with Crippen molar-refractivity contribution in [1.82, 2.24) is 4.98 Å². The lowest BCUT2D eigenvalue weighted by molar-refractivity contribution is 0.628. The van der Waals surface area contributed by atoms with Crippen molar-refractivity contribution in [3.63, 3.8) is 0 Å². The standard InChI is InChI=1S/C18H10BrFN2S/c19-15-3-1-2-13(9-15)17-11-23-18(22-17)14(10-21)8-12-4-6-16(20)7-5-12/h1-9,11H. The van der Waals surface area contributed by atoms with E-state index in [0.29, 0.717) is 10.6 Å². The lowest BCUT2D eigenvalue weighted by Crippen LogP contribution is -1.83. The largest absolute Gasteiger partial charge is 0.235 e. The molecule has 0 spiro atoms. The average Bonchev–Trinajstić information content (AvgIpc) is 3.04. The van der Waals surface area contributed by atoms with Crippen molar-refractivity contribution in [1.29, 1.82) is 5.26 Å². The second-order valence-electron chi connectivity index (χ2n) is 4.77. The van der Waals surface area contributed by atoms with Crippen molar-refractivity contribution in [3.8, 4) is 17.3 Å². The first-order valence-corrected chi connectivity index (χ1v) is 8.42. The highest BCUT2D eigenvalue weighted by Gasteiger charge is 2.09. The summed E-state index contributed by atoms with van der Waals surface area (Å²) in [5.74, 6) is -0.299. The van der Waals surface area contributed by atoms with E-state index in [4.69, 9.17) is 0 Å². The lowest BCUT2D eigenvalue weighted by atomic mass is 10.1. The Kier molecular flexibility index (Phi) is 4.65. The second-order valence-corrected chi connectivity index (χ2v) is 6.54. The van der Waals surface area contributed by atoms with Gasteiger partial charge in [0, 0.05) is 15.4 Å². The number of rotatable bonds is 3. The number of hydrogen-bond donors (Lipinski definition) is 0. The van der Waals surface area contributed by atoms with Crippen LogP contribution in [-0.4, -0.2) is 4.98 Å². The van der Waals surface area contributed by atoms with E-state index >= 15 is 0 Å². The van der Waals surface area contributed by atoms with E-state index in [1.807, 2.05) is 29.6 Å². The minimum Gasteiger partial charge on any atom is -0.235 e. The van der Waals surface area contributed by atoms with Crippen LogP contribution in [0.1, 0.15) is 10.6 Å². The fourth-order valence-corrected chi connectivity index (χ4v) is 3.24. The zero-order chi connectivity index (χ0) is 16.2. The van der Waals surface area contributed by atoms with Gasteiger partial charge >= 0.3 is 0 Å². The summed E-state index contributed by atoms with van der Waals surface area (Å²) in [5.41, 5.74) is 3.04. The molecule has 0 radical (unpaired) electrons. The Labute approximate surface area is 145 Å². The summed E-state index contributed by atoms with van der Waals surface area (Å²) < 4.78 is 13.9. The van der Waals surface area contributed by atoms with E-state index < -0.39 is 0 Å². The van der Waals surface area contributed by atoms with Gasteiger partial charge in [0.15, 0.2) is 0 Å². The molecule has 0 aliphatic carbocycles. The maximum absolute atomic E-state index is 13.0. The highest BCUT2D eigenvalue weighted by Crippen LogP contribution is 2.28. The molecule has 5 heteroatoms. The summed E-state index contributed by atoms with van der Waals surface area (Å²) in [6, 6.07) is 16.0. The third-order valence-electron chi connectivity index (χ3n) is 3.16. The molecule has 0 fully saturated rings. The third kappa shape index (κ3) is 3.73. The molecule has 0 aliphatic heterocycles. The minimum atomic E-state index is -0.299. The van der Waals surface area contributed by atoms with Gasteiger partial charge in [-0.3, -0.25) is 0 Å². The molecule has 0 saturated carbocycles. The van der Waals surface area contributed by atoms with Crippen LogP contribution in [0.2, 0.25) is 0 Å². The molecule has 3 rings (SSSR count). The number of nitriles is 1. The zero-order valence-corrected chi connectivity index (χ0v) is 14.2. The molecule has 0 N–H and O–H groups in total. The monoisotopic (exact) mass is 384 g/mol. The number of hydrogen-bond acceptors (Lipinski definition) is 3. The van der Waals surface area contributed by atoms with E-state index in [9.17, 15) is 9.65 Å². The fourth-order valence-electron chi connectivity index (χ4n) is 2.05. The third-order valence-corrected chi connectivity index (χ3v) is 4.53. The van der Waals surface area contributed by atoms with Crippen LogP contribution in [-0.2, 0) is 0 Å². The van der Waals surface area contributed by atoms with Crippen LogP contribution >= 0.6 is 27.3 Å². The van der Waals surface area contributed by atoms with E-state index in [2.05, 4.69) is 27.0 Å². The molecule has 0 aliphatic rings. The molecule has 3 aromatic rings. The van der Waals surface area contributed by atoms with Crippen molar-refractivity contribution in [2.24, 2.45) is 0 Å². The smallest absolute Gasteiger partial charge is 0.134 e. The lowest BCUT2D eigenvalue weighted by Gasteiger charge is -1.98. The Hall–Kier alpha value is -2.29. The Morgan fingerprint density at radius 1 is 1.22 bits per heavy atom. The van der Waals surface area contributed by atoms with E-state index in [-0.39, 0.29) is 5.82 Å². The first-order chi connectivity index (χ1) is 11.2. The summed E-state index contributed by atoms with van der Waals surface area (Å²) in [6.45, 7) is 0. The Bertz CT molecular complexity index is 907. The van der Waals surface area contributed by atoms with E-state index in [0.717, 1.165) is 21.3 Å². The molecule has 0 unspecified atom stereocenters. The first kappa shape index (κ1) is 15.6. The van der Waals surface area contributed by atoms with Gasteiger partial charge < -0.3 is 0 Å². The van der Waals surface area contributed by atoms with Gasteiger partial charge in [0.25, 0.3) is 0 Å². The minimum absolute atomic E-state index is 0.299. The second kappa shape index (κ2) is 6.86. The van der Waals surface area contributed by atoms with Gasteiger partial charge in [0.05, 0.1) is 11.3 Å². The summed E-state index contributed by atoms with van der Waals surface area (Å²) in [7, 11) is 0. The van der Waals surface area contributed by atoms with Crippen molar-refractivity contribution >= 4 is 38.9 Å². The van der Waals surface area contributed by atoms with Gasteiger partial charge in [-0.1, -0.05) is 40.2 Å². The number of allylic oxidation sites excluding steroid dienone is 1. The summed E-state index contributed by atoms with van der Waals surface area (Å²) in [4.78, 5) is 4.54. The zero-order valence-electron chi connectivity index (χ0n) is 11.8. The van der Waals surface area contributed by atoms with Gasteiger partial charge in [0.1, 0.15) is 16.9 Å². The Morgan fingerprint density at radius 2 is 2.00 bits per heavy atom. The van der Waals surface area contributed by atoms with Crippen LogP contribution < -0.4 is 0 Å². The molecule has 23 heavy (non-hydrogen) atoms. The number of nitrogens with zero attached hydrogens (tertiary/aromatic N) is 2. The molecule has 0 bridgehead atoms. The molecule has 0 atom stereocenters. The Morgan fingerprint density at radius 3 is 2.70 bits per heavy atom. The van der Waals surface area contributed by atoms with Crippen LogP contribution in [0.25, 0.3) is 22.9 Å². The van der Waals surface area contributed by atoms with E-state index in [1.54, 1.807) is 18.2 Å². The van der Waals surface area contributed by atoms with Crippen LogP contribution in [0.5, 0.6) is 0 Å². The number of aromatic nitrogens is 1. The van der Waals surface area contributed by atoms with Crippen molar-refractivity contribution < 1.29 is 4.39 Å². The molecule has 1 aromatic heterocycles. The van der Waals surface area contributed by atoms with Crippen molar-refractivity contribution in [2.75, 3.05) is 0 Å². The molecule has 0 saturated heterocycles. The fraction of sp³-hybridized carbons (Fsp3) is 0. The maximum Gasteiger partial charge on any atom is 0.134 e. The average molecular weight is 385 g/mol. The Balaban J connectivity index is 1.94. The van der Waals surface area contributed by atoms with Crippen LogP contribution in [0, 0.1) is 17.1 Å². The number of halogens is 2. The number of benzene rings is 2. The van der Waals surface area contributed by atoms with Crippen molar-refractivity contribution in [2.45, 2.75) is 0 Å². The van der Waals surface area contributed by atoms with Crippen LogP contribution in [0.3, 0.4) is 0 Å². The molecule has 2 aromatic carbocycles. The summed E-state index contributed by atoms with van der Waals surface area (Å²) >= 11 is 4.85. The quantitative estimate of drug-likeness (QED) is 0.536. The van der Waals surface area contributed by atoms with Gasteiger partial charge in [-0.25, -0.2) is 9.37 Å². The SMILES string of the molecule is N#CC(=Cc1ccc(F)cc1)c1nc(-c2cccc(Br)c2)cs1. The van der Waals surface area contributed by atoms with Gasteiger partial charge in [-0.05, 0) is 35.9 Å².